The summed E-state index contributed by atoms with van der Waals surface area (Å²) < 4.78 is 0. The number of hydrogen-bond donors (Lipinski definition) is 1. The third-order valence-corrected chi connectivity index (χ3v) is 3.30. The van der Waals surface area contributed by atoms with Gasteiger partial charge in [-0.1, -0.05) is 0 Å². The van der Waals surface area contributed by atoms with E-state index in [-0.39, 0.29) is 0 Å². The maximum atomic E-state index is 3.36. The van der Waals surface area contributed by atoms with Crippen LogP contribution in [0.4, 0.5) is 5.69 Å². The van der Waals surface area contributed by atoms with Gasteiger partial charge in [0.15, 0.2) is 0 Å². The van der Waals surface area contributed by atoms with E-state index in [0.29, 0.717) is 0 Å². The van der Waals surface area contributed by atoms with Crippen molar-refractivity contribution in [3.8, 4) is 0 Å². The lowest BCUT2D eigenvalue weighted by Crippen LogP contribution is -2.43. The average Bonchev–Trinajstić information content (AvgIpc) is 2.30. The summed E-state index contributed by atoms with van der Waals surface area (Å²) >= 11 is 1.79. The van der Waals surface area contributed by atoms with E-state index in [4.69, 9.17) is 0 Å². The molecule has 0 radical (unpaired) electrons. The lowest BCUT2D eigenvalue weighted by Gasteiger charge is -2.29. The third-order valence-electron chi connectivity index (χ3n) is 2.55. The number of thioether (sulfide) groups is 1. The smallest absolute Gasteiger partial charge is 0.0367 e. The highest BCUT2D eigenvalue weighted by Gasteiger charge is 2.09. The van der Waals surface area contributed by atoms with E-state index < -0.39 is 0 Å². The van der Waals surface area contributed by atoms with Gasteiger partial charge in [-0.05, 0) is 30.5 Å². The average molecular weight is 208 g/mol. The normalized spacial score (nSPS) is 17.1. The molecule has 2 rings (SSSR count). The van der Waals surface area contributed by atoms with Crippen LogP contribution >= 0.6 is 11.8 Å². The summed E-state index contributed by atoms with van der Waals surface area (Å²) in [6.45, 7) is 4.45. The molecule has 1 aromatic carbocycles. The molecule has 1 aromatic rings. The Bertz CT molecular complexity index is 278. The predicted octanol–water partition coefficient (Wildman–Crippen LogP) is 1.82. The van der Waals surface area contributed by atoms with E-state index >= 15 is 0 Å². The zero-order valence-corrected chi connectivity index (χ0v) is 9.31. The monoisotopic (exact) mass is 208 g/mol. The van der Waals surface area contributed by atoms with Crippen LogP contribution in [0.1, 0.15) is 0 Å². The van der Waals surface area contributed by atoms with Gasteiger partial charge in [0.1, 0.15) is 0 Å². The molecule has 2 nitrogen and oxygen atoms in total. The number of benzene rings is 1. The molecule has 0 unspecified atom stereocenters. The predicted molar refractivity (Wildman–Crippen MR) is 63.3 cm³/mol. The van der Waals surface area contributed by atoms with Crippen LogP contribution < -0.4 is 10.2 Å². The summed E-state index contributed by atoms with van der Waals surface area (Å²) in [5.74, 6) is 0. The molecule has 0 aliphatic carbocycles. The van der Waals surface area contributed by atoms with Gasteiger partial charge in [-0.15, -0.1) is 11.8 Å². The Hall–Kier alpha value is -0.670. The molecule has 1 fully saturated rings. The van der Waals surface area contributed by atoms with E-state index in [1.54, 1.807) is 11.8 Å². The van der Waals surface area contributed by atoms with Crippen molar-refractivity contribution >= 4 is 17.4 Å². The Morgan fingerprint density at radius 1 is 1.14 bits per heavy atom. The van der Waals surface area contributed by atoms with Gasteiger partial charge in [0, 0.05) is 36.8 Å². The SMILES string of the molecule is CSc1ccc(N2CCNCC2)cc1. The molecule has 0 amide bonds. The first-order chi connectivity index (χ1) is 6.90. The van der Waals surface area contributed by atoms with Gasteiger partial charge in [-0.3, -0.25) is 0 Å². The fourth-order valence-electron chi connectivity index (χ4n) is 1.72. The molecule has 1 saturated heterocycles. The van der Waals surface area contributed by atoms with Crippen molar-refractivity contribution in [3.63, 3.8) is 0 Å². The molecule has 1 aliphatic rings. The van der Waals surface area contributed by atoms with Crippen molar-refractivity contribution in [2.45, 2.75) is 4.90 Å². The molecule has 0 bridgehead atoms. The lowest BCUT2D eigenvalue weighted by molar-refractivity contribution is 0.589. The summed E-state index contributed by atoms with van der Waals surface area (Å²) in [6.07, 6.45) is 2.11. The summed E-state index contributed by atoms with van der Waals surface area (Å²) in [6, 6.07) is 8.83. The number of rotatable bonds is 2. The second-order valence-corrected chi connectivity index (χ2v) is 4.31. The Balaban J connectivity index is 2.07. The molecule has 0 atom stereocenters. The van der Waals surface area contributed by atoms with Crippen LogP contribution in [-0.2, 0) is 0 Å². The van der Waals surface area contributed by atoms with E-state index in [9.17, 15) is 0 Å². The van der Waals surface area contributed by atoms with Crippen LogP contribution in [0.25, 0.3) is 0 Å². The molecular formula is C11H16N2S. The second-order valence-electron chi connectivity index (χ2n) is 3.44. The Morgan fingerprint density at radius 2 is 1.79 bits per heavy atom. The number of nitrogens with one attached hydrogen (secondary N) is 1. The fraction of sp³-hybridized carbons (Fsp3) is 0.455. The van der Waals surface area contributed by atoms with Crippen molar-refractivity contribution in [2.24, 2.45) is 0 Å². The molecule has 0 spiro atoms. The molecule has 1 heterocycles. The van der Waals surface area contributed by atoms with Gasteiger partial charge in [0.25, 0.3) is 0 Å². The van der Waals surface area contributed by atoms with Crippen molar-refractivity contribution in [3.05, 3.63) is 24.3 Å². The topological polar surface area (TPSA) is 15.3 Å². The number of anilines is 1. The van der Waals surface area contributed by atoms with Crippen molar-refractivity contribution in [1.82, 2.24) is 5.32 Å². The van der Waals surface area contributed by atoms with Crippen LogP contribution in [0.3, 0.4) is 0 Å². The molecular weight excluding hydrogens is 192 g/mol. The fourth-order valence-corrected chi connectivity index (χ4v) is 2.12. The van der Waals surface area contributed by atoms with Gasteiger partial charge < -0.3 is 10.2 Å². The number of hydrogen-bond acceptors (Lipinski definition) is 3. The highest BCUT2D eigenvalue weighted by Crippen LogP contribution is 2.20. The number of nitrogens with zero attached hydrogens (tertiary/aromatic N) is 1. The molecule has 14 heavy (non-hydrogen) atoms. The van der Waals surface area contributed by atoms with Crippen LogP contribution in [0.2, 0.25) is 0 Å². The first kappa shape index (κ1) is 9.87. The number of piperazine rings is 1. The minimum atomic E-state index is 1.10. The van der Waals surface area contributed by atoms with E-state index in [1.807, 2.05) is 0 Å². The Kier molecular flexibility index (Phi) is 3.32. The zero-order chi connectivity index (χ0) is 9.80. The highest BCUT2D eigenvalue weighted by atomic mass is 32.2. The largest absolute Gasteiger partial charge is 0.369 e. The maximum absolute atomic E-state index is 3.36. The van der Waals surface area contributed by atoms with Gasteiger partial charge in [-0.2, -0.15) is 0 Å². The minimum absolute atomic E-state index is 1.10. The van der Waals surface area contributed by atoms with Gasteiger partial charge in [-0.25, -0.2) is 0 Å². The molecule has 1 N–H and O–H groups in total. The van der Waals surface area contributed by atoms with Gasteiger partial charge in [0.05, 0.1) is 0 Å². The van der Waals surface area contributed by atoms with Crippen LogP contribution in [0, 0.1) is 0 Å². The highest BCUT2D eigenvalue weighted by molar-refractivity contribution is 7.98. The quantitative estimate of drug-likeness (QED) is 0.746. The summed E-state index contributed by atoms with van der Waals surface area (Å²) in [7, 11) is 0. The summed E-state index contributed by atoms with van der Waals surface area (Å²) in [4.78, 5) is 3.77. The molecule has 3 heteroatoms. The molecule has 76 valence electrons. The summed E-state index contributed by atoms with van der Waals surface area (Å²) in [5.41, 5.74) is 1.35. The van der Waals surface area contributed by atoms with Crippen molar-refractivity contribution in [2.75, 3.05) is 37.3 Å². The lowest BCUT2D eigenvalue weighted by atomic mass is 10.2. The van der Waals surface area contributed by atoms with Gasteiger partial charge in [0.2, 0.25) is 0 Å². The van der Waals surface area contributed by atoms with E-state index in [2.05, 4.69) is 40.7 Å². The molecule has 1 aliphatic heterocycles. The Labute approximate surface area is 89.7 Å². The second kappa shape index (κ2) is 4.71. The van der Waals surface area contributed by atoms with Crippen molar-refractivity contribution < 1.29 is 0 Å². The minimum Gasteiger partial charge on any atom is -0.369 e. The van der Waals surface area contributed by atoms with E-state index in [0.717, 1.165) is 26.2 Å². The van der Waals surface area contributed by atoms with Crippen LogP contribution in [0.15, 0.2) is 29.2 Å². The maximum Gasteiger partial charge on any atom is 0.0367 e. The first-order valence-corrected chi connectivity index (χ1v) is 6.22. The zero-order valence-electron chi connectivity index (χ0n) is 8.49. The van der Waals surface area contributed by atoms with Crippen molar-refractivity contribution in [1.29, 1.82) is 0 Å². The third kappa shape index (κ3) is 2.22. The van der Waals surface area contributed by atoms with Crippen LogP contribution in [-0.4, -0.2) is 32.4 Å². The summed E-state index contributed by atoms with van der Waals surface area (Å²) in [5, 5.41) is 3.36. The Morgan fingerprint density at radius 3 is 2.36 bits per heavy atom. The molecule has 0 aromatic heterocycles. The van der Waals surface area contributed by atoms with Crippen LogP contribution in [0.5, 0.6) is 0 Å². The standard InChI is InChI=1S/C11H16N2S/c1-14-11-4-2-10(3-5-11)13-8-6-12-7-9-13/h2-5,12H,6-9H2,1H3. The van der Waals surface area contributed by atoms with Gasteiger partial charge >= 0.3 is 0 Å². The molecule has 0 saturated carbocycles. The first-order valence-electron chi connectivity index (χ1n) is 5.00. The van der Waals surface area contributed by atoms with E-state index in [1.165, 1.54) is 10.6 Å².